The normalized spacial score (nSPS) is 12.1. The number of aryl methyl sites for hydroxylation is 2. The number of aromatic hydroxyl groups is 1. The van der Waals surface area contributed by atoms with Crippen LogP contribution < -0.4 is 5.32 Å². The van der Waals surface area contributed by atoms with E-state index < -0.39 is 0 Å². The quantitative estimate of drug-likeness (QED) is 0.419. The van der Waals surface area contributed by atoms with Crippen LogP contribution in [0.4, 0.5) is 5.82 Å². The average Bonchev–Trinajstić information content (AvgIpc) is 2.67. The fraction of sp³-hybridized carbons (Fsp3) is 0.130. The number of pyridine rings is 2. The van der Waals surface area contributed by atoms with Gasteiger partial charge in [-0.25, -0.2) is 9.97 Å². The molecule has 2 aromatic carbocycles. The monoisotopic (exact) mass is 433 g/mol. The summed E-state index contributed by atoms with van der Waals surface area (Å²) in [5, 5.41) is 15.5. The number of fused-ring (bicyclic) bond motifs is 1. The maximum Gasteiger partial charge on any atom is 0.147 e. The van der Waals surface area contributed by atoms with Gasteiger partial charge in [0.2, 0.25) is 0 Å². The minimum absolute atomic E-state index is 0.186. The predicted molar refractivity (Wildman–Crippen MR) is 117 cm³/mol. The van der Waals surface area contributed by atoms with Gasteiger partial charge in [-0.1, -0.05) is 46.3 Å². The lowest BCUT2D eigenvalue weighted by Crippen LogP contribution is -2.14. The topological polar surface area (TPSA) is 58.0 Å². The van der Waals surface area contributed by atoms with E-state index in [9.17, 15) is 5.11 Å². The maximum absolute atomic E-state index is 11.1. The maximum atomic E-state index is 11.1. The second-order valence-corrected chi connectivity index (χ2v) is 7.79. The summed E-state index contributed by atoms with van der Waals surface area (Å²) in [6.07, 6.45) is 1.78. The zero-order chi connectivity index (χ0) is 19.7. The standard InChI is InChI=1S/C23H20BrN3O/c1-14-10-11-25-20(12-14)27-21(17-4-3-5-18(24)13-17)19-9-8-16-7-6-15(2)26-22(16)23(19)28/h3-13,21,28H,1-2H3,(H,25,27). The van der Waals surface area contributed by atoms with Crippen LogP contribution in [0.15, 0.2) is 71.3 Å². The Morgan fingerprint density at radius 1 is 1.00 bits per heavy atom. The zero-order valence-electron chi connectivity index (χ0n) is 15.6. The Bertz CT molecular complexity index is 1160. The summed E-state index contributed by atoms with van der Waals surface area (Å²) in [5.74, 6) is 0.938. The van der Waals surface area contributed by atoms with Gasteiger partial charge in [0.05, 0.1) is 6.04 Å². The van der Waals surface area contributed by atoms with Crippen LogP contribution >= 0.6 is 15.9 Å². The summed E-state index contributed by atoms with van der Waals surface area (Å²) < 4.78 is 0.975. The molecule has 4 nitrogen and oxygen atoms in total. The van der Waals surface area contributed by atoms with E-state index in [4.69, 9.17) is 0 Å². The number of hydrogen-bond acceptors (Lipinski definition) is 4. The Morgan fingerprint density at radius 2 is 1.82 bits per heavy atom. The van der Waals surface area contributed by atoms with Crippen LogP contribution in [0.2, 0.25) is 0 Å². The third kappa shape index (κ3) is 3.71. The van der Waals surface area contributed by atoms with Gasteiger partial charge in [0.1, 0.15) is 17.1 Å². The zero-order valence-corrected chi connectivity index (χ0v) is 17.2. The van der Waals surface area contributed by atoms with Crippen molar-refractivity contribution < 1.29 is 5.11 Å². The molecule has 2 heterocycles. The fourth-order valence-electron chi connectivity index (χ4n) is 3.31. The lowest BCUT2D eigenvalue weighted by atomic mass is 9.96. The highest BCUT2D eigenvalue weighted by molar-refractivity contribution is 9.10. The Balaban J connectivity index is 1.87. The Hall–Kier alpha value is -2.92. The molecule has 2 N–H and O–H groups in total. The average molecular weight is 434 g/mol. The highest BCUT2D eigenvalue weighted by Crippen LogP contribution is 2.37. The van der Waals surface area contributed by atoms with Crippen LogP contribution in [0.5, 0.6) is 5.75 Å². The number of anilines is 1. The van der Waals surface area contributed by atoms with Gasteiger partial charge >= 0.3 is 0 Å². The molecule has 1 atom stereocenters. The summed E-state index contributed by atoms with van der Waals surface area (Å²) in [4.78, 5) is 8.99. The lowest BCUT2D eigenvalue weighted by Gasteiger charge is -2.22. The number of hydrogen-bond donors (Lipinski definition) is 2. The van der Waals surface area contributed by atoms with Crippen molar-refractivity contribution in [2.45, 2.75) is 19.9 Å². The molecule has 1 unspecified atom stereocenters. The SMILES string of the molecule is Cc1ccnc(NC(c2cccc(Br)c2)c2ccc3ccc(C)nc3c2O)c1. The second-order valence-electron chi connectivity index (χ2n) is 6.88. The van der Waals surface area contributed by atoms with Crippen LogP contribution in [0.1, 0.15) is 28.4 Å². The van der Waals surface area contributed by atoms with E-state index in [1.165, 1.54) is 0 Å². The van der Waals surface area contributed by atoms with Crippen LogP contribution in [-0.2, 0) is 0 Å². The van der Waals surface area contributed by atoms with E-state index in [1.807, 2.05) is 74.5 Å². The molecule has 4 rings (SSSR count). The van der Waals surface area contributed by atoms with Crippen LogP contribution in [-0.4, -0.2) is 15.1 Å². The number of rotatable bonds is 4. The molecular formula is C23H20BrN3O. The molecular weight excluding hydrogens is 414 g/mol. The number of halogens is 1. The minimum atomic E-state index is -0.279. The number of nitrogens with zero attached hydrogens (tertiary/aromatic N) is 2. The molecule has 0 aliphatic carbocycles. The molecule has 0 aliphatic heterocycles. The largest absolute Gasteiger partial charge is 0.505 e. The van der Waals surface area contributed by atoms with Crippen molar-refractivity contribution >= 4 is 32.7 Å². The molecule has 0 radical (unpaired) electrons. The number of phenols is 1. The first-order chi connectivity index (χ1) is 13.5. The summed E-state index contributed by atoms with van der Waals surface area (Å²) in [5.41, 5.74) is 4.36. The molecule has 5 heteroatoms. The van der Waals surface area contributed by atoms with Gasteiger partial charge in [0, 0.05) is 27.3 Å². The molecule has 0 spiro atoms. The number of nitrogens with one attached hydrogen (secondary N) is 1. The van der Waals surface area contributed by atoms with Crippen molar-refractivity contribution in [1.29, 1.82) is 0 Å². The van der Waals surface area contributed by atoms with Gasteiger partial charge in [-0.3, -0.25) is 0 Å². The van der Waals surface area contributed by atoms with Gasteiger partial charge in [0.25, 0.3) is 0 Å². The van der Waals surface area contributed by atoms with Gasteiger partial charge < -0.3 is 10.4 Å². The summed E-state index contributed by atoms with van der Waals surface area (Å²) in [6, 6.07) is 19.6. The Morgan fingerprint density at radius 3 is 2.61 bits per heavy atom. The third-order valence-corrected chi connectivity index (χ3v) is 5.20. The van der Waals surface area contributed by atoms with E-state index in [0.717, 1.165) is 38.1 Å². The summed E-state index contributed by atoms with van der Waals surface area (Å²) in [7, 11) is 0. The smallest absolute Gasteiger partial charge is 0.147 e. The van der Waals surface area contributed by atoms with E-state index in [-0.39, 0.29) is 11.8 Å². The van der Waals surface area contributed by atoms with E-state index in [1.54, 1.807) is 6.20 Å². The van der Waals surface area contributed by atoms with Gasteiger partial charge in [-0.2, -0.15) is 0 Å². The minimum Gasteiger partial charge on any atom is -0.505 e. The molecule has 0 aliphatic rings. The summed E-state index contributed by atoms with van der Waals surface area (Å²) in [6.45, 7) is 3.95. The highest BCUT2D eigenvalue weighted by Gasteiger charge is 2.21. The number of benzene rings is 2. The predicted octanol–water partition coefficient (Wildman–Crippen LogP) is 5.92. The van der Waals surface area contributed by atoms with Crippen molar-refractivity contribution in [2.24, 2.45) is 0 Å². The number of phenolic OH excluding ortho intramolecular Hbond substituents is 1. The summed E-state index contributed by atoms with van der Waals surface area (Å²) >= 11 is 3.55. The first-order valence-electron chi connectivity index (χ1n) is 9.05. The van der Waals surface area contributed by atoms with Crippen molar-refractivity contribution in [3.63, 3.8) is 0 Å². The van der Waals surface area contributed by atoms with Gasteiger partial charge in [-0.15, -0.1) is 0 Å². The Labute approximate surface area is 172 Å². The molecule has 140 valence electrons. The fourth-order valence-corrected chi connectivity index (χ4v) is 3.73. The molecule has 2 aromatic heterocycles. The van der Waals surface area contributed by atoms with E-state index >= 15 is 0 Å². The van der Waals surface area contributed by atoms with Crippen molar-refractivity contribution in [3.8, 4) is 5.75 Å². The molecule has 0 saturated carbocycles. The first kappa shape index (κ1) is 18.4. The molecule has 0 saturated heterocycles. The van der Waals surface area contributed by atoms with Crippen LogP contribution in [0.25, 0.3) is 10.9 Å². The third-order valence-electron chi connectivity index (χ3n) is 4.71. The van der Waals surface area contributed by atoms with Crippen molar-refractivity contribution in [1.82, 2.24) is 9.97 Å². The highest BCUT2D eigenvalue weighted by atomic mass is 79.9. The second kappa shape index (κ2) is 7.60. The van der Waals surface area contributed by atoms with Gasteiger partial charge in [-0.05, 0) is 55.3 Å². The molecule has 4 aromatic rings. The number of aromatic nitrogens is 2. The van der Waals surface area contributed by atoms with Crippen LogP contribution in [0.3, 0.4) is 0 Å². The van der Waals surface area contributed by atoms with E-state index in [0.29, 0.717) is 5.52 Å². The first-order valence-corrected chi connectivity index (χ1v) is 9.84. The molecule has 0 fully saturated rings. The van der Waals surface area contributed by atoms with Crippen molar-refractivity contribution in [3.05, 3.63) is 93.7 Å². The molecule has 28 heavy (non-hydrogen) atoms. The van der Waals surface area contributed by atoms with E-state index in [2.05, 4.69) is 31.2 Å². The van der Waals surface area contributed by atoms with Gasteiger partial charge in [0.15, 0.2) is 0 Å². The van der Waals surface area contributed by atoms with Crippen LogP contribution in [0, 0.1) is 13.8 Å². The molecule has 0 amide bonds. The van der Waals surface area contributed by atoms with Crippen molar-refractivity contribution in [2.75, 3.05) is 5.32 Å². The molecule has 0 bridgehead atoms. The Kier molecular flexibility index (Phi) is 5.01. The lowest BCUT2D eigenvalue weighted by molar-refractivity contribution is 0.471.